The number of benzene rings is 9. The number of hydrogen-bond donors (Lipinski definition) is 0. The van der Waals surface area contributed by atoms with E-state index in [4.69, 9.17) is 0 Å². The zero-order valence-electron chi connectivity index (χ0n) is 41.4. The van der Waals surface area contributed by atoms with Crippen molar-refractivity contribution in [3.8, 4) is 44.5 Å². The van der Waals surface area contributed by atoms with E-state index in [0.717, 1.165) is 6.42 Å². The normalized spacial score (nSPS) is 16.2. The number of rotatable bonds is 7. The fourth-order valence-corrected chi connectivity index (χ4v) is 12.9. The fourth-order valence-electron chi connectivity index (χ4n) is 12.9. The second-order valence-corrected chi connectivity index (χ2v) is 22.0. The Balaban J connectivity index is 0.753. The van der Waals surface area contributed by atoms with Crippen LogP contribution in [0.2, 0.25) is 0 Å². The molecule has 338 valence electrons. The first-order valence-electron chi connectivity index (χ1n) is 25.3. The average molecular weight is 899 g/mol. The molecule has 0 aliphatic heterocycles. The summed E-state index contributed by atoms with van der Waals surface area (Å²) in [6.45, 7) is 16.6. The van der Waals surface area contributed by atoms with E-state index >= 15 is 0 Å². The first-order valence-corrected chi connectivity index (χ1v) is 25.3. The lowest BCUT2D eigenvalue weighted by atomic mass is 9.70. The van der Waals surface area contributed by atoms with Crippen molar-refractivity contribution in [3.63, 3.8) is 0 Å². The summed E-state index contributed by atoms with van der Waals surface area (Å²) in [5, 5.41) is 5.27. The molecule has 1 atom stereocenters. The van der Waals surface area contributed by atoms with Crippen molar-refractivity contribution in [2.24, 2.45) is 0 Å². The summed E-state index contributed by atoms with van der Waals surface area (Å²) in [4.78, 5) is 0. The molecule has 0 aromatic heterocycles. The van der Waals surface area contributed by atoms with Crippen LogP contribution in [0.3, 0.4) is 0 Å². The van der Waals surface area contributed by atoms with Gasteiger partial charge in [-0.05, 0) is 146 Å². The van der Waals surface area contributed by atoms with Gasteiger partial charge in [-0.2, -0.15) is 0 Å². The summed E-state index contributed by atoms with van der Waals surface area (Å²) in [6.07, 6.45) is 14.8. The predicted octanol–water partition coefficient (Wildman–Crippen LogP) is 18.3. The largest absolute Gasteiger partial charge is 0.0759 e. The molecule has 0 nitrogen and oxygen atoms in total. The van der Waals surface area contributed by atoms with Gasteiger partial charge in [0, 0.05) is 22.2 Å². The molecule has 0 radical (unpaired) electrons. The van der Waals surface area contributed by atoms with E-state index in [9.17, 15) is 0 Å². The van der Waals surface area contributed by atoms with Crippen molar-refractivity contribution in [1.29, 1.82) is 0 Å². The molecule has 0 spiro atoms. The van der Waals surface area contributed by atoms with Gasteiger partial charge in [-0.3, -0.25) is 0 Å². The molecule has 0 saturated heterocycles. The summed E-state index contributed by atoms with van der Waals surface area (Å²) < 4.78 is 0. The van der Waals surface area contributed by atoms with E-state index in [-0.39, 0.29) is 16.2 Å². The minimum absolute atomic E-state index is 0.142. The molecule has 0 amide bonds. The summed E-state index contributed by atoms with van der Waals surface area (Å²) in [7, 11) is 0. The molecule has 0 bridgehead atoms. The Hall–Kier alpha value is -7.54. The van der Waals surface area contributed by atoms with Gasteiger partial charge in [0.15, 0.2) is 0 Å². The molecule has 0 heteroatoms. The van der Waals surface area contributed by atoms with E-state index in [1.165, 1.54) is 133 Å². The smallest absolute Gasteiger partial charge is 0.0345 e. The van der Waals surface area contributed by atoms with E-state index in [1.807, 2.05) is 0 Å². The lowest BCUT2D eigenvalue weighted by Crippen LogP contribution is -2.22. The van der Waals surface area contributed by atoms with Gasteiger partial charge >= 0.3 is 0 Å². The Kier molecular flexibility index (Phi) is 9.41. The van der Waals surface area contributed by atoms with Crippen LogP contribution in [0.1, 0.15) is 103 Å². The topological polar surface area (TPSA) is 0 Å². The molecule has 70 heavy (non-hydrogen) atoms. The average Bonchev–Trinajstić information content (AvgIpc) is 3.62. The third kappa shape index (κ3) is 6.35. The molecular formula is C70H58. The zero-order valence-corrected chi connectivity index (χ0v) is 41.4. The van der Waals surface area contributed by atoms with Gasteiger partial charge in [-0.15, -0.1) is 0 Å². The van der Waals surface area contributed by atoms with Crippen LogP contribution in [0.4, 0.5) is 0 Å². The van der Waals surface area contributed by atoms with Crippen molar-refractivity contribution in [2.75, 3.05) is 0 Å². The van der Waals surface area contributed by atoms with Crippen molar-refractivity contribution in [2.45, 2.75) is 77.0 Å². The Bertz CT molecular complexity index is 3720. The predicted molar refractivity (Wildman–Crippen MR) is 298 cm³/mol. The van der Waals surface area contributed by atoms with Crippen LogP contribution in [0, 0.1) is 6.92 Å². The third-order valence-corrected chi connectivity index (χ3v) is 17.3. The molecule has 1 unspecified atom stereocenters. The lowest BCUT2D eigenvalue weighted by Gasteiger charge is -2.34. The van der Waals surface area contributed by atoms with Gasteiger partial charge in [0.25, 0.3) is 0 Å². The second kappa shape index (κ2) is 15.5. The third-order valence-electron chi connectivity index (χ3n) is 17.3. The minimum Gasteiger partial charge on any atom is -0.0759 e. The van der Waals surface area contributed by atoms with Gasteiger partial charge in [-0.1, -0.05) is 248 Å². The number of fused-ring (bicyclic) bond motifs is 5. The first kappa shape index (κ1) is 42.6. The van der Waals surface area contributed by atoms with Gasteiger partial charge < -0.3 is 0 Å². The number of aryl methyl sites for hydroxylation is 1. The van der Waals surface area contributed by atoms with Crippen LogP contribution in [-0.4, -0.2) is 0 Å². The van der Waals surface area contributed by atoms with Crippen LogP contribution in [0.5, 0.6) is 0 Å². The van der Waals surface area contributed by atoms with Gasteiger partial charge in [0.05, 0.1) is 0 Å². The van der Waals surface area contributed by atoms with Crippen LogP contribution >= 0.6 is 0 Å². The molecule has 9 aromatic rings. The maximum atomic E-state index is 2.51. The number of allylic oxidation sites excluding steroid dienone is 7. The molecule has 0 heterocycles. The highest BCUT2D eigenvalue weighted by Crippen LogP contribution is 2.52. The Morgan fingerprint density at radius 1 is 0.457 bits per heavy atom. The summed E-state index contributed by atoms with van der Waals surface area (Å²) in [5.41, 5.74) is 26.6. The first-order chi connectivity index (χ1) is 33.9. The Morgan fingerprint density at radius 3 is 1.51 bits per heavy atom. The summed E-state index contributed by atoms with van der Waals surface area (Å²) in [5.74, 6) is 0.367. The van der Waals surface area contributed by atoms with Crippen LogP contribution < -0.4 is 0 Å². The highest BCUT2D eigenvalue weighted by Gasteiger charge is 2.39. The fraction of sp³-hybridized carbons (Fsp3) is 0.171. The van der Waals surface area contributed by atoms with Crippen LogP contribution in [0.15, 0.2) is 211 Å². The highest BCUT2D eigenvalue weighted by molar-refractivity contribution is 6.14. The maximum Gasteiger partial charge on any atom is 0.0345 e. The maximum absolute atomic E-state index is 2.51. The molecular weight excluding hydrogens is 841 g/mol. The molecule has 0 fully saturated rings. The Labute approximate surface area is 414 Å². The van der Waals surface area contributed by atoms with Crippen molar-refractivity contribution in [1.82, 2.24) is 0 Å². The van der Waals surface area contributed by atoms with Crippen LogP contribution in [-0.2, 0) is 22.7 Å². The summed E-state index contributed by atoms with van der Waals surface area (Å²) >= 11 is 0. The SMILES string of the molecule is Cc1c2ccccc2c(-c2ccc(C(C)(C)c3ccc4c(c3)C(C)(C)c3cc(C(C)(C)c5ccc(-c6ccc(-c7ccc8c9c7CC=C7C=CC=C(C=C8)C79)cc6)cc5)ccc3-4)cc2)c2ccccc12. The molecule has 13 rings (SSSR count). The molecule has 0 N–H and O–H groups in total. The highest BCUT2D eigenvalue weighted by atomic mass is 14.4. The quantitative estimate of drug-likeness (QED) is 0.140. The molecule has 9 aromatic carbocycles. The molecule has 4 aliphatic carbocycles. The Morgan fingerprint density at radius 2 is 0.943 bits per heavy atom. The minimum atomic E-state index is -0.190. The number of hydrogen-bond acceptors (Lipinski definition) is 0. The van der Waals surface area contributed by atoms with Crippen molar-refractivity contribution in [3.05, 3.63) is 267 Å². The van der Waals surface area contributed by atoms with Crippen LogP contribution in [0.25, 0.3) is 72.1 Å². The van der Waals surface area contributed by atoms with E-state index in [0.29, 0.717) is 5.92 Å². The zero-order chi connectivity index (χ0) is 47.7. The monoisotopic (exact) mass is 898 g/mol. The van der Waals surface area contributed by atoms with Crippen molar-refractivity contribution < 1.29 is 0 Å². The van der Waals surface area contributed by atoms with E-state index in [1.54, 1.807) is 0 Å². The van der Waals surface area contributed by atoms with Crippen molar-refractivity contribution >= 4 is 27.6 Å². The molecule has 0 saturated carbocycles. The standard InChI is InChI=1S/C70H58/c1-43-55-15-8-10-17-60(55)66(61-18-11-9-16-56(43)61)49-27-33-52(34-28-49)69(4,5)54-36-40-59-58-39-35-53(41-63(58)70(6,7)64(59)42-54)68(2,3)51-31-25-45(26-32-51)44-19-21-46(22-20-44)57-37-29-50-24-23-47-13-12-14-48-30-38-62(57)67(50)65(47)48/h8-37,39-42,65H,38H2,1-7H3. The van der Waals surface area contributed by atoms with E-state index in [2.05, 4.69) is 255 Å². The van der Waals surface area contributed by atoms with Gasteiger partial charge in [0.2, 0.25) is 0 Å². The van der Waals surface area contributed by atoms with E-state index < -0.39 is 0 Å². The summed E-state index contributed by atoms with van der Waals surface area (Å²) in [6, 6.07) is 64.9. The van der Waals surface area contributed by atoms with Gasteiger partial charge in [0.1, 0.15) is 0 Å². The second-order valence-electron chi connectivity index (χ2n) is 22.0. The lowest BCUT2D eigenvalue weighted by molar-refractivity contribution is 0.618. The molecule has 4 aliphatic rings. The van der Waals surface area contributed by atoms with Gasteiger partial charge in [-0.25, -0.2) is 0 Å².